The first-order chi connectivity index (χ1) is 8.99. The molecule has 1 aromatic carbocycles. The van der Waals surface area contributed by atoms with Crippen molar-refractivity contribution >= 4 is 17.6 Å². The number of carbonyl (C=O) groups is 3. The highest BCUT2D eigenvalue weighted by molar-refractivity contribution is 6.04. The minimum Gasteiger partial charge on any atom is -0.294 e. The molecule has 0 aromatic heterocycles. The van der Waals surface area contributed by atoms with E-state index in [-0.39, 0.29) is 42.9 Å². The van der Waals surface area contributed by atoms with Crippen molar-refractivity contribution in [3.05, 3.63) is 35.6 Å². The number of hydrogen-bond acceptors (Lipinski definition) is 3. The predicted molar refractivity (Wildman–Crippen MR) is 65.8 cm³/mol. The zero-order chi connectivity index (χ0) is 14.0. The number of nitrogens with zero attached hydrogens (tertiary/aromatic N) is 1. The summed E-state index contributed by atoms with van der Waals surface area (Å²) in [4.78, 5) is 36.2. The van der Waals surface area contributed by atoms with Crippen LogP contribution in [0.2, 0.25) is 0 Å². The third-order valence-corrected chi connectivity index (χ3v) is 3.20. The molecule has 1 atom stereocenters. The lowest BCUT2D eigenvalue weighted by molar-refractivity contribution is -0.139. The highest BCUT2D eigenvalue weighted by Gasteiger charge is 2.35. The van der Waals surface area contributed by atoms with Crippen LogP contribution in [0.15, 0.2) is 24.3 Å². The van der Waals surface area contributed by atoms with Crippen molar-refractivity contribution < 1.29 is 18.8 Å². The van der Waals surface area contributed by atoms with Gasteiger partial charge < -0.3 is 0 Å². The first kappa shape index (κ1) is 13.4. The van der Waals surface area contributed by atoms with Crippen LogP contribution in [0, 0.1) is 11.7 Å². The fraction of sp³-hybridized carbons (Fsp3) is 0.357. The van der Waals surface area contributed by atoms with E-state index in [4.69, 9.17) is 0 Å². The van der Waals surface area contributed by atoms with Gasteiger partial charge in [0.25, 0.3) is 0 Å². The van der Waals surface area contributed by atoms with Crippen LogP contribution in [0.3, 0.4) is 0 Å². The molecule has 2 amide bonds. The minimum atomic E-state index is -0.407. The summed E-state index contributed by atoms with van der Waals surface area (Å²) in [6.45, 7) is 1.79. The number of benzene rings is 1. The summed E-state index contributed by atoms with van der Waals surface area (Å²) in [6.07, 6.45) is 0.277. The van der Waals surface area contributed by atoms with Crippen molar-refractivity contribution in [3.63, 3.8) is 0 Å². The van der Waals surface area contributed by atoms with Gasteiger partial charge in [-0.2, -0.15) is 0 Å². The highest BCUT2D eigenvalue weighted by Crippen LogP contribution is 2.19. The van der Waals surface area contributed by atoms with E-state index in [1.54, 1.807) is 6.92 Å². The Labute approximate surface area is 110 Å². The summed E-state index contributed by atoms with van der Waals surface area (Å²) < 4.78 is 12.7. The Morgan fingerprint density at radius 1 is 1.32 bits per heavy atom. The summed E-state index contributed by atoms with van der Waals surface area (Å²) in [5.74, 6) is -1.37. The van der Waals surface area contributed by atoms with Crippen LogP contribution < -0.4 is 0 Å². The molecule has 0 spiro atoms. The van der Waals surface area contributed by atoms with E-state index in [9.17, 15) is 18.8 Å². The molecule has 5 heteroatoms. The topological polar surface area (TPSA) is 54.5 Å². The number of carbonyl (C=O) groups excluding carboxylic acids is 3. The van der Waals surface area contributed by atoms with Gasteiger partial charge in [-0.15, -0.1) is 0 Å². The number of likely N-dealkylation sites (tertiary alicyclic amines) is 1. The normalized spacial score (nSPS) is 19.1. The first-order valence-corrected chi connectivity index (χ1v) is 6.12. The van der Waals surface area contributed by atoms with Crippen LogP contribution in [0.1, 0.15) is 30.1 Å². The maximum atomic E-state index is 12.7. The van der Waals surface area contributed by atoms with Crippen LogP contribution in [0.25, 0.3) is 0 Å². The molecule has 2 rings (SSSR count). The van der Waals surface area contributed by atoms with Crippen LogP contribution >= 0.6 is 0 Å². The molecule has 4 nitrogen and oxygen atoms in total. The molecule has 100 valence electrons. The standard InChI is InChI=1S/C14H14FNO3/c1-9-8-13(18)16(14(9)19)7-6-12(17)10-2-4-11(15)5-3-10/h2-5,9H,6-8H2,1H3. The molecule has 0 bridgehead atoms. The minimum absolute atomic E-state index is 0.0653. The third kappa shape index (κ3) is 2.86. The molecule has 1 saturated heterocycles. The molecular weight excluding hydrogens is 249 g/mol. The Balaban J connectivity index is 1.96. The second-order valence-electron chi connectivity index (χ2n) is 4.67. The number of imide groups is 1. The van der Waals surface area contributed by atoms with Gasteiger partial charge in [0.1, 0.15) is 5.82 Å². The molecule has 0 aliphatic carbocycles. The lowest BCUT2D eigenvalue weighted by atomic mass is 10.1. The second kappa shape index (κ2) is 5.30. The van der Waals surface area contributed by atoms with E-state index in [1.807, 2.05) is 0 Å². The average Bonchev–Trinajstić information content (AvgIpc) is 2.62. The van der Waals surface area contributed by atoms with Crippen molar-refractivity contribution in [2.24, 2.45) is 5.92 Å². The molecule has 19 heavy (non-hydrogen) atoms. The van der Waals surface area contributed by atoms with Crippen LogP contribution in [-0.2, 0) is 9.59 Å². The van der Waals surface area contributed by atoms with Gasteiger partial charge >= 0.3 is 0 Å². The number of hydrogen-bond donors (Lipinski definition) is 0. The number of ketones is 1. The lowest BCUT2D eigenvalue weighted by Gasteiger charge is -2.13. The zero-order valence-electron chi connectivity index (χ0n) is 10.6. The van der Waals surface area contributed by atoms with E-state index in [1.165, 1.54) is 24.3 Å². The number of Topliss-reactive ketones (excluding diaryl/α,β-unsaturated/α-hetero) is 1. The van der Waals surface area contributed by atoms with E-state index < -0.39 is 5.82 Å². The maximum Gasteiger partial charge on any atom is 0.232 e. The molecule has 1 aliphatic rings. The number of halogens is 1. The van der Waals surface area contributed by atoms with Crippen LogP contribution in [0.5, 0.6) is 0 Å². The summed E-state index contributed by atoms with van der Waals surface area (Å²) in [5, 5.41) is 0. The molecule has 0 N–H and O–H groups in total. The largest absolute Gasteiger partial charge is 0.294 e. The maximum absolute atomic E-state index is 12.7. The molecule has 1 unspecified atom stereocenters. The fourth-order valence-electron chi connectivity index (χ4n) is 2.08. The van der Waals surface area contributed by atoms with Gasteiger partial charge in [0.15, 0.2) is 5.78 Å². The Hall–Kier alpha value is -2.04. The van der Waals surface area contributed by atoms with Crippen LogP contribution in [0.4, 0.5) is 4.39 Å². The van der Waals surface area contributed by atoms with E-state index in [2.05, 4.69) is 0 Å². The molecular formula is C14H14FNO3. The van der Waals surface area contributed by atoms with Crippen molar-refractivity contribution in [2.45, 2.75) is 19.8 Å². The monoisotopic (exact) mass is 263 g/mol. The smallest absolute Gasteiger partial charge is 0.232 e. The highest BCUT2D eigenvalue weighted by atomic mass is 19.1. The molecule has 0 saturated carbocycles. The SMILES string of the molecule is CC1CC(=O)N(CCC(=O)c2ccc(F)cc2)C1=O. The van der Waals surface area contributed by atoms with E-state index >= 15 is 0 Å². The quantitative estimate of drug-likeness (QED) is 0.614. The molecule has 1 aromatic rings. The average molecular weight is 263 g/mol. The third-order valence-electron chi connectivity index (χ3n) is 3.20. The predicted octanol–water partition coefficient (Wildman–Crippen LogP) is 1.79. The Bertz CT molecular complexity index is 524. The Morgan fingerprint density at radius 3 is 2.47 bits per heavy atom. The zero-order valence-corrected chi connectivity index (χ0v) is 10.6. The van der Waals surface area contributed by atoms with Crippen LogP contribution in [-0.4, -0.2) is 29.0 Å². The molecule has 1 fully saturated rings. The van der Waals surface area contributed by atoms with Gasteiger partial charge in [0.2, 0.25) is 11.8 Å². The van der Waals surface area contributed by atoms with E-state index in [0.717, 1.165) is 4.90 Å². The van der Waals surface area contributed by atoms with Gasteiger partial charge in [-0.1, -0.05) is 6.92 Å². The Kier molecular flexibility index (Phi) is 3.74. The van der Waals surface area contributed by atoms with Gasteiger partial charge in [-0.25, -0.2) is 4.39 Å². The van der Waals surface area contributed by atoms with Gasteiger partial charge in [0.05, 0.1) is 0 Å². The fourth-order valence-corrected chi connectivity index (χ4v) is 2.08. The molecule has 0 radical (unpaired) electrons. The summed E-state index contributed by atoms with van der Waals surface area (Å²) in [7, 11) is 0. The van der Waals surface area contributed by atoms with Crippen molar-refractivity contribution in [1.29, 1.82) is 0 Å². The number of rotatable bonds is 4. The van der Waals surface area contributed by atoms with Crippen molar-refractivity contribution in [2.75, 3.05) is 6.54 Å². The second-order valence-corrected chi connectivity index (χ2v) is 4.67. The van der Waals surface area contributed by atoms with Gasteiger partial charge in [0, 0.05) is 30.9 Å². The van der Waals surface area contributed by atoms with Crippen molar-refractivity contribution in [3.8, 4) is 0 Å². The number of amides is 2. The molecule has 1 heterocycles. The lowest BCUT2D eigenvalue weighted by Crippen LogP contribution is -2.32. The van der Waals surface area contributed by atoms with Crippen molar-refractivity contribution in [1.82, 2.24) is 4.90 Å². The van der Waals surface area contributed by atoms with Gasteiger partial charge in [-0.05, 0) is 24.3 Å². The summed E-state index contributed by atoms with van der Waals surface area (Å²) in [6, 6.07) is 5.21. The first-order valence-electron chi connectivity index (χ1n) is 6.12. The molecule has 1 aliphatic heterocycles. The summed E-state index contributed by atoms with van der Waals surface area (Å²) in [5.41, 5.74) is 0.383. The summed E-state index contributed by atoms with van der Waals surface area (Å²) >= 11 is 0. The van der Waals surface area contributed by atoms with Gasteiger partial charge in [-0.3, -0.25) is 19.3 Å². The Morgan fingerprint density at radius 2 is 1.95 bits per heavy atom. The van der Waals surface area contributed by atoms with E-state index in [0.29, 0.717) is 5.56 Å².